The quantitative estimate of drug-likeness (QED) is 0.592. The van der Waals surface area contributed by atoms with Crippen LogP contribution in [0.3, 0.4) is 0 Å². The van der Waals surface area contributed by atoms with Crippen LogP contribution in [0.25, 0.3) is 11.0 Å². The predicted octanol–water partition coefficient (Wildman–Crippen LogP) is 1.97. The van der Waals surface area contributed by atoms with E-state index in [-0.39, 0.29) is 35.3 Å². The third-order valence-electron chi connectivity index (χ3n) is 3.77. The van der Waals surface area contributed by atoms with Gasteiger partial charge in [0.15, 0.2) is 11.3 Å². The predicted molar refractivity (Wildman–Crippen MR) is 82.2 cm³/mol. The number of nitrogens with one attached hydrogen (secondary N) is 1. The molecule has 3 N–H and O–H groups in total. The molecule has 2 rings (SSSR count). The molecule has 0 radical (unpaired) electrons. The second-order valence-corrected chi connectivity index (χ2v) is 5.36. The van der Waals surface area contributed by atoms with Crippen molar-refractivity contribution in [2.45, 2.75) is 39.7 Å². The number of carbonyl (C=O) groups excluding carboxylic acids is 1. The van der Waals surface area contributed by atoms with Gasteiger partial charge in [-0.15, -0.1) is 0 Å². The number of phenols is 2. The van der Waals surface area contributed by atoms with Gasteiger partial charge in [-0.25, -0.2) is 4.79 Å². The Morgan fingerprint density at radius 3 is 2.68 bits per heavy atom. The van der Waals surface area contributed by atoms with Crippen molar-refractivity contribution in [3.63, 3.8) is 0 Å². The van der Waals surface area contributed by atoms with Crippen molar-refractivity contribution < 1.29 is 19.4 Å². The van der Waals surface area contributed by atoms with Gasteiger partial charge in [0, 0.05) is 11.4 Å². The smallest absolute Gasteiger partial charge is 0.340 e. The lowest BCUT2D eigenvalue weighted by atomic mass is 10.0. The second-order valence-electron chi connectivity index (χ2n) is 5.36. The first-order valence-electron chi connectivity index (χ1n) is 7.11. The molecule has 6 heteroatoms. The van der Waals surface area contributed by atoms with Crippen LogP contribution in [-0.2, 0) is 11.2 Å². The highest BCUT2D eigenvalue weighted by molar-refractivity contribution is 5.89. The van der Waals surface area contributed by atoms with Crippen molar-refractivity contribution in [1.82, 2.24) is 5.32 Å². The van der Waals surface area contributed by atoms with Crippen LogP contribution in [0.4, 0.5) is 0 Å². The average Bonchev–Trinajstić information content (AvgIpc) is 2.47. The van der Waals surface area contributed by atoms with E-state index < -0.39 is 11.4 Å². The van der Waals surface area contributed by atoms with E-state index in [0.29, 0.717) is 10.9 Å². The van der Waals surface area contributed by atoms with Gasteiger partial charge in [-0.05, 0) is 38.0 Å². The molecule has 0 bridgehead atoms. The molecule has 1 aromatic carbocycles. The van der Waals surface area contributed by atoms with E-state index in [1.54, 1.807) is 13.0 Å². The fourth-order valence-corrected chi connectivity index (χ4v) is 2.22. The van der Waals surface area contributed by atoms with Crippen molar-refractivity contribution >= 4 is 16.9 Å². The number of aryl methyl sites for hydroxylation is 1. The first-order chi connectivity index (χ1) is 10.3. The molecule has 0 saturated carbocycles. The molecule has 0 unspecified atom stereocenters. The summed E-state index contributed by atoms with van der Waals surface area (Å²) < 4.78 is 5.07. The van der Waals surface area contributed by atoms with Gasteiger partial charge in [0.2, 0.25) is 11.7 Å². The van der Waals surface area contributed by atoms with Gasteiger partial charge in [0.05, 0.1) is 12.0 Å². The van der Waals surface area contributed by atoms with Gasteiger partial charge in [-0.1, -0.05) is 6.92 Å². The third kappa shape index (κ3) is 2.90. The molecule has 118 valence electrons. The van der Waals surface area contributed by atoms with Crippen LogP contribution in [-0.4, -0.2) is 22.2 Å². The van der Waals surface area contributed by atoms with Crippen LogP contribution < -0.4 is 10.9 Å². The SMILES string of the molecule is CC[C@H](C)NC(=O)Cc1c(C)c2ccc(O)c(O)c2oc1=O. The molecule has 1 heterocycles. The largest absolute Gasteiger partial charge is 0.504 e. The Hall–Kier alpha value is -2.50. The van der Waals surface area contributed by atoms with Crippen molar-refractivity contribution in [2.75, 3.05) is 0 Å². The molecule has 22 heavy (non-hydrogen) atoms. The normalized spacial score (nSPS) is 12.3. The number of amides is 1. The fraction of sp³-hybridized carbons (Fsp3) is 0.375. The molecule has 6 nitrogen and oxygen atoms in total. The maximum absolute atomic E-state index is 12.1. The van der Waals surface area contributed by atoms with Crippen molar-refractivity contribution in [3.05, 3.63) is 33.7 Å². The highest BCUT2D eigenvalue weighted by Gasteiger charge is 2.18. The van der Waals surface area contributed by atoms with E-state index in [9.17, 15) is 19.8 Å². The average molecular weight is 305 g/mol. The number of hydrogen-bond acceptors (Lipinski definition) is 5. The van der Waals surface area contributed by atoms with Crippen molar-refractivity contribution in [1.29, 1.82) is 0 Å². The minimum absolute atomic E-state index is 0.0290. The Balaban J connectivity index is 2.46. The summed E-state index contributed by atoms with van der Waals surface area (Å²) in [4.78, 5) is 24.0. The van der Waals surface area contributed by atoms with Crippen LogP contribution in [0.2, 0.25) is 0 Å². The lowest BCUT2D eigenvalue weighted by Gasteiger charge is -2.12. The number of phenolic OH excluding ortho intramolecular Hbond substituents is 2. The summed E-state index contributed by atoms with van der Waals surface area (Å²) in [7, 11) is 0. The molecule has 1 amide bonds. The Labute approximate surface area is 127 Å². The molecule has 1 aromatic heterocycles. The van der Waals surface area contributed by atoms with E-state index in [1.807, 2.05) is 13.8 Å². The van der Waals surface area contributed by atoms with E-state index >= 15 is 0 Å². The molecular weight excluding hydrogens is 286 g/mol. The van der Waals surface area contributed by atoms with Crippen LogP contribution >= 0.6 is 0 Å². The number of benzene rings is 1. The first-order valence-corrected chi connectivity index (χ1v) is 7.11. The minimum Gasteiger partial charge on any atom is -0.504 e. The Morgan fingerprint density at radius 1 is 1.36 bits per heavy atom. The molecule has 0 aliphatic heterocycles. The van der Waals surface area contributed by atoms with Crippen LogP contribution in [0, 0.1) is 6.92 Å². The number of rotatable bonds is 4. The highest BCUT2D eigenvalue weighted by atomic mass is 16.4. The molecular formula is C16H19NO5. The summed E-state index contributed by atoms with van der Waals surface area (Å²) in [5.41, 5.74) is 0.0398. The maximum atomic E-state index is 12.1. The van der Waals surface area contributed by atoms with Crippen LogP contribution in [0.15, 0.2) is 21.3 Å². The second kappa shape index (κ2) is 6.09. The molecule has 0 saturated heterocycles. The summed E-state index contributed by atoms with van der Waals surface area (Å²) in [6, 6.07) is 2.88. The zero-order chi connectivity index (χ0) is 16.4. The molecule has 0 fully saturated rings. The van der Waals surface area contributed by atoms with E-state index in [1.165, 1.54) is 6.07 Å². The number of hydrogen-bond donors (Lipinski definition) is 3. The summed E-state index contributed by atoms with van der Waals surface area (Å²) >= 11 is 0. The first kappa shape index (κ1) is 15.9. The number of aromatic hydroxyl groups is 2. The monoisotopic (exact) mass is 305 g/mol. The zero-order valence-electron chi connectivity index (χ0n) is 12.8. The lowest BCUT2D eigenvalue weighted by molar-refractivity contribution is -0.121. The minimum atomic E-state index is -0.690. The fourth-order valence-electron chi connectivity index (χ4n) is 2.22. The Morgan fingerprint density at radius 2 is 2.05 bits per heavy atom. The topological polar surface area (TPSA) is 99.8 Å². The number of fused-ring (bicyclic) bond motifs is 1. The third-order valence-corrected chi connectivity index (χ3v) is 3.77. The van der Waals surface area contributed by atoms with Gasteiger partial charge in [0.1, 0.15) is 0 Å². The van der Waals surface area contributed by atoms with Gasteiger partial charge < -0.3 is 19.9 Å². The lowest BCUT2D eigenvalue weighted by Crippen LogP contribution is -2.34. The van der Waals surface area contributed by atoms with Gasteiger partial charge in [-0.3, -0.25) is 4.79 Å². The summed E-state index contributed by atoms with van der Waals surface area (Å²) in [6.07, 6.45) is 0.709. The molecule has 0 spiro atoms. The number of carbonyl (C=O) groups is 1. The molecule has 0 aliphatic rings. The van der Waals surface area contributed by atoms with Crippen molar-refractivity contribution in [2.24, 2.45) is 0 Å². The molecule has 1 atom stereocenters. The van der Waals surface area contributed by atoms with E-state index in [2.05, 4.69) is 5.32 Å². The van der Waals surface area contributed by atoms with Gasteiger partial charge >= 0.3 is 5.63 Å². The zero-order valence-corrected chi connectivity index (χ0v) is 12.8. The summed E-state index contributed by atoms with van der Waals surface area (Å²) in [5.74, 6) is -1.10. The highest BCUT2D eigenvalue weighted by Crippen LogP contribution is 2.34. The summed E-state index contributed by atoms with van der Waals surface area (Å²) in [5, 5.41) is 22.5. The van der Waals surface area contributed by atoms with Crippen LogP contribution in [0.5, 0.6) is 11.5 Å². The van der Waals surface area contributed by atoms with Crippen molar-refractivity contribution in [3.8, 4) is 11.5 Å². The van der Waals surface area contributed by atoms with Crippen LogP contribution in [0.1, 0.15) is 31.4 Å². The standard InChI is InChI=1S/C16H19NO5/c1-4-8(2)17-13(19)7-11-9(3)10-5-6-12(18)14(20)15(10)22-16(11)21/h5-6,8,18,20H,4,7H2,1-3H3,(H,17,19)/t8-/m0/s1. The Bertz CT molecular complexity index is 778. The Kier molecular flexibility index (Phi) is 4.40. The van der Waals surface area contributed by atoms with E-state index in [0.717, 1.165) is 6.42 Å². The summed E-state index contributed by atoms with van der Waals surface area (Å²) in [6.45, 7) is 5.52. The maximum Gasteiger partial charge on any atom is 0.340 e. The van der Waals surface area contributed by atoms with Gasteiger partial charge in [-0.2, -0.15) is 0 Å². The molecule has 0 aliphatic carbocycles. The van der Waals surface area contributed by atoms with E-state index in [4.69, 9.17) is 4.42 Å². The van der Waals surface area contributed by atoms with Gasteiger partial charge in [0.25, 0.3) is 0 Å². The molecule has 2 aromatic rings.